The highest BCUT2D eigenvalue weighted by Gasteiger charge is 2.01. The van der Waals surface area contributed by atoms with Gasteiger partial charge in [-0.3, -0.25) is 4.79 Å². The minimum absolute atomic E-state index is 0.721. The molecule has 0 saturated heterocycles. The second-order valence-electron chi connectivity index (χ2n) is 8.88. The quantitative estimate of drug-likeness (QED) is 0.198. The van der Waals surface area contributed by atoms with E-state index >= 15 is 0 Å². The summed E-state index contributed by atoms with van der Waals surface area (Å²) in [6.07, 6.45) is 7.09. The van der Waals surface area contributed by atoms with Crippen molar-refractivity contribution in [3.05, 3.63) is 106 Å². The van der Waals surface area contributed by atoms with Crippen LogP contribution in [0.3, 0.4) is 0 Å². The van der Waals surface area contributed by atoms with Crippen LogP contribution in [0.15, 0.2) is 78.9 Å². The summed E-state index contributed by atoms with van der Waals surface area (Å²) in [6.45, 7) is 9.02. The first kappa shape index (κ1) is 31.1. The Kier molecular flexibility index (Phi) is 16.7. The number of hydrogen-bond donors (Lipinski definition) is 3. The summed E-state index contributed by atoms with van der Waals surface area (Å²) in [5, 5.41) is 7.28. The summed E-state index contributed by atoms with van der Waals surface area (Å²) in [7, 11) is 1.97. The van der Waals surface area contributed by atoms with Crippen molar-refractivity contribution in [3.8, 4) is 0 Å². The van der Waals surface area contributed by atoms with E-state index in [2.05, 4.69) is 48.8 Å². The van der Waals surface area contributed by atoms with E-state index in [1.54, 1.807) is 0 Å². The number of carbonyl (C=O) groups is 1. The molecule has 0 aromatic heterocycles. The Morgan fingerprint density at radius 2 is 1.69 bits per heavy atom. The number of rotatable bonds is 10. The SMILES string of the molecule is CNCC(C)C.Cc1ccc(C=O)cc1.NCCC/C=C/c1cc(Cl)ccc1NCc1ccccc1. The van der Waals surface area contributed by atoms with E-state index in [1.165, 1.54) is 11.1 Å². The molecule has 0 unspecified atom stereocenters. The Morgan fingerprint density at radius 1 is 1.00 bits per heavy atom. The average molecular weight is 508 g/mol. The molecule has 0 bridgehead atoms. The summed E-state index contributed by atoms with van der Waals surface area (Å²) in [6, 6.07) is 23.7. The lowest BCUT2D eigenvalue weighted by atomic mass is 10.1. The van der Waals surface area contributed by atoms with Crippen LogP contribution < -0.4 is 16.4 Å². The van der Waals surface area contributed by atoms with Gasteiger partial charge in [-0.1, -0.05) is 97.8 Å². The van der Waals surface area contributed by atoms with Crippen LogP contribution in [0.4, 0.5) is 5.69 Å². The number of nitrogens with one attached hydrogen (secondary N) is 2. The summed E-state index contributed by atoms with van der Waals surface area (Å²) < 4.78 is 0. The van der Waals surface area contributed by atoms with Crippen LogP contribution in [-0.4, -0.2) is 26.4 Å². The van der Waals surface area contributed by atoms with Crippen molar-refractivity contribution >= 4 is 29.7 Å². The van der Waals surface area contributed by atoms with Crippen LogP contribution in [0.1, 0.15) is 53.7 Å². The summed E-state index contributed by atoms with van der Waals surface area (Å²) >= 11 is 6.09. The molecule has 0 spiro atoms. The van der Waals surface area contributed by atoms with Crippen LogP contribution in [0.5, 0.6) is 0 Å². The first-order chi connectivity index (χ1) is 17.4. The van der Waals surface area contributed by atoms with E-state index in [4.69, 9.17) is 17.3 Å². The Morgan fingerprint density at radius 3 is 2.25 bits per heavy atom. The molecule has 0 aliphatic rings. The van der Waals surface area contributed by atoms with Crippen LogP contribution in [0.25, 0.3) is 6.08 Å². The van der Waals surface area contributed by atoms with Crippen LogP contribution in [-0.2, 0) is 6.54 Å². The molecule has 0 radical (unpaired) electrons. The largest absolute Gasteiger partial charge is 0.380 e. The van der Waals surface area contributed by atoms with Gasteiger partial charge in [0.05, 0.1) is 0 Å². The molecule has 3 rings (SSSR count). The molecule has 0 aliphatic carbocycles. The number of nitrogens with two attached hydrogens (primary N) is 1. The summed E-state index contributed by atoms with van der Waals surface area (Å²) in [5.41, 5.74) is 10.9. The third kappa shape index (κ3) is 14.5. The smallest absolute Gasteiger partial charge is 0.150 e. The second-order valence-corrected chi connectivity index (χ2v) is 9.32. The topological polar surface area (TPSA) is 67.2 Å². The normalized spacial score (nSPS) is 10.3. The molecule has 0 fully saturated rings. The van der Waals surface area contributed by atoms with E-state index < -0.39 is 0 Å². The monoisotopic (exact) mass is 507 g/mol. The Labute approximate surface area is 223 Å². The van der Waals surface area contributed by atoms with E-state index in [0.29, 0.717) is 0 Å². The Hall–Kier alpha value is -2.92. The van der Waals surface area contributed by atoms with Gasteiger partial charge in [0.15, 0.2) is 0 Å². The predicted octanol–water partition coefficient (Wildman–Crippen LogP) is 7.37. The number of aldehydes is 1. The lowest BCUT2D eigenvalue weighted by Gasteiger charge is -2.10. The van der Waals surface area contributed by atoms with Gasteiger partial charge in [0.25, 0.3) is 0 Å². The molecular formula is C31H42ClN3O. The maximum atomic E-state index is 10.1. The van der Waals surface area contributed by atoms with Gasteiger partial charge < -0.3 is 16.4 Å². The number of hydrogen-bond acceptors (Lipinski definition) is 4. The van der Waals surface area contributed by atoms with Crippen LogP contribution in [0, 0.1) is 12.8 Å². The first-order valence-electron chi connectivity index (χ1n) is 12.5. The van der Waals surface area contributed by atoms with E-state index in [-0.39, 0.29) is 0 Å². The molecule has 0 atom stereocenters. The fourth-order valence-corrected chi connectivity index (χ4v) is 3.31. The van der Waals surface area contributed by atoms with Gasteiger partial charge in [-0.25, -0.2) is 0 Å². The van der Waals surface area contributed by atoms with Crippen molar-refractivity contribution in [1.29, 1.82) is 0 Å². The lowest BCUT2D eigenvalue weighted by Crippen LogP contribution is -2.12. The molecule has 3 aromatic carbocycles. The van der Waals surface area contributed by atoms with Crippen LogP contribution in [0.2, 0.25) is 5.02 Å². The van der Waals surface area contributed by atoms with Gasteiger partial charge >= 0.3 is 0 Å². The van der Waals surface area contributed by atoms with Crippen molar-refractivity contribution in [2.45, 2.75) is 40.2 Å². The zero-order valence-electron chi connectivity index (χ0n) is 22.1. The zero-order valence-corrected chi connectivity index (χ0v) is 22.9. The van der Waals surface area contributed by atoms with E-state index in [1.807, 2.05) is 74.6 Å². The third-order valence-corrected chi connectivity index (χ3v) is 5.27. The summed E-state index contributed by atoms with van der Waals surface area (Å²) in [4.78, 5) is 10.1. The third-order valence-electron chi connectivity index (χ3n) is 5.04. The molecule has 0 saturated carbocycles. The highest BCUT2D eigenvalue weighted by atomic mass is 35.5. The molecule has 0 heterocycles. The van der Waals surface area contributed by atoms with Gasteiger partial charge in [0.2, 0.25) is 0 Å². The number of aryl methyl sites for hydroxylation is 1. The van der Waals surface area contributed by atoms with Gasteiger partial charge in [-0.15, -0.1) is 0 Å². The van der Waals surface area contributed by atoms with Gasteiger partial charge in [0, 0.05) is 22.8 Å². The molecule has 194 valence electrons. The molecule has 4 nitrogen and oxygen atoms in total. The first-order valence-corrected chi connectivity index (χ1v) is 12.9. The fraction of sp³-hybridized carbons (Fsp3) is 0.323. The highest BCUT2D eigenvalue weighted by molar-refractivity contribution is 6.30. The highest BCUT2D eigenvalue weighted by Crippen LogP contribution is 2.23. The number of unbranched alkanes of at least 4 members (excludes halogenated alkanes) is 1. The number of anilines is 1. The van der Waals surface area contributed by atoms with Crippen molar-refractivity contribution in [2.24, 2.45) is 11.7 Å². The molecule has 3 aromatic rings. The molecule has 0 aliphatic heterocycles. The Bertz CT molecular complexity index is 1000. The standard InChI is InChI=1S/C18H21ClN2.C8H8O.C5H13N/c19-17-10-11-18(16(13-17)9-5-2-6-12-20)21-14-15-7-3-1-4-8-15;1-7-2-4-8(6-9)5-3-7;1-5(2)4-6-3/h1,3-5,7-11,13,21H,2,6,12,14,20H2;2-6H,1H3;5-6H,4H2,1-3H3/b9-5+;;. The maximum Gasteiger partial charge on any atom is 0.150 e. The fourth-order valence-electron chi connectivity index (χ4n) is 3.12. The van der Waals surface area contributed by atoms with E-state index in [0.717, 1.165) is 66.5 Å². The Balaban J connectivity index is 0.000000354. The molecule has 0 amide bonds. The van der Waals surface area contributed by atoms with Crippen molar-refractivity contribution < 1.29 is 4.79 Å². The van der Waals surface area contributed by atoms with Gasteiger partial charge in [-0.2, -0.15) is 0 Å². The maximum absolute atomic E-state index is 10.1. The average Bonchev–Trinajstić information content (AvgIpc) is 2.88. The molecule has 36 heavy (non-hydrogen) atoms. The number of benzene rings is 3. The van der Waals surface area contributed by atoms with E-state index in [9.17, 15) is 4.79 Å². The summed E-state index contributed by atoms with van der Waals surface area (Å²) in [5.74, 6) is 0.787. The second kappa shape index (κ2) is 19.3. The van der Waals surface area contributed by atoms with Crippen LogP contribution >= 0.6 is 11.6 Å². The molecular weight excluding hydrogens is 466 g/mol. The lowest BCUT2D eigenvalue weighted by molar-refractivity contribution is 0.112. The van der Waals surface area contributed by atoms with Gasteiger partial charge in [0.1, 0.15) is 6.29 Å². The number of halogens is 1. The number of carbonyl (C=O) groups excluding carboxylic acids is 1. The molecule has 4 N–H and O–H groups in total. The van der Waals surface area contributed by atoms with Crippen molar-refractivity contribution in [2.75, 3.05) is 25.5 Å². The molecule has 5 heteroatoms. The minimum Gasteiger partial charge on any atom is -0.380 e. The number of allylic oxidation sites excluding steroid dienone is 1. The minimum atomic E-state index is 0.721. The predicted molar refractivity (Wildman–Crippen MR) is 158 cm³/mol. The van der Waals surface area contributed by atoms with Crippen molar-refractivity contribution in [1.82, 2.24) is 5.32 Å². The zero-order chi connectivity index (χ0) is 26.6. The van der Waals surface area contributed by atoms with Crippen molar-refractivity contribution in [3.63, 3.8) is 0 Å². The van der Waals surface area contributed by atoms with Gasteiger partial charge in [-0.05, 0) is 75.1 Å².